The van der Waals surface area contributed by atoms with Gasteiger partial charge in [-0.1, -0.05) is 30.3 Å². The summed E-state index contributed by atoms with van der Waals surface area (Å²) in [5.41, 5.74) is 2.25. The number of benzene rings is 2. The van der Waals surface area contributed by atoms with Crippen molar-refractivity contribution in [2.75, 3.05) is 19.0 Å². The Bertz CT molecular complexity index is 1570. The molecule has 11 heteroatoms. The van der Waals surface area contributed by atoms with Crippen LogP contribution in [0.1, 0.15) is 41.3 Å². The third-order valence-corrected chi connectivity index (χ3v) is 6.34. The number of hydrogen-bond donors (Lipinski definition) is 2. The van der Waals surface area contributed by atoms with Crippen LogP contribution in [-0.2, 0) is 41.7 Å². The molecule has 42 heavy (non-hydrogen) atoms. The van der Waals surface area contributed by atoms with E-state index in [2.05, 4.69) is 10.6 Å². The van der Waals surface area contributed by atoms with Crippen molar-refractivity contribution < 1.29 is 37.9 Å². The third-order valence-electron chi connectivity index (χ3n) is 6.34. The Morgan fingerprint density at radius 2 is 1.64 bits per heavy atom. The van der Waals surface area contributed by atoms with Gasteiger partial charge in [0.25, 0.3) is 5.91 Å². The van der Waals surface area contributed by atoms with Crippen LogP contribution in [0.3, 0.4) is 0 Å². The van der Waals surface area contributed by atoms with Gasteiger partial charge in [-0.15, -0.1) is 0 Å². The number of rotatable bonds is 9. The topological polar surface area (TPSA) is 144 Å². The zero-order chi connectivity index (χ0) is 30.2. The van der Waals surface area contributed by atoms with E-state index in [0.29, 0.717) is 22.7 Å². The molecule has 3 amide bonds. The molecule has 2 N–H and O–H groups in total. The summed E-state index contributed by atoms with van der Waals surface area (Å²) in [5, 5.41) is 4.91. The van der Waals surface area contributed by atoms with Gasteiger partial charge in [0.2, 0.25) is 0 Å². The van der Waals surface area contributed by atoms with Crippen molar-refractivity contribution in [2.45, 2.75) is 26.9 Å². The molecule has 2 heterocycles. The van der Waals surface area contributed by atoms with Crippen LogP contribution >= 0.6 is 0 Å². The number of nitrogens with zero attached hydrogens (tertiary/aromatic N) is 1. The molecule has 0 saturated heterocycles. The van der Waals surface area contributed by atoms with E-state index in [-0.39, 0.29) is 42.5 Å². The van der Waals surface area contributed by atoms with Crippen molar-refractivity contribution in [1.82, 2.24) is 10.2 Å². The van der Waals surface area contributed by atoms with Crippen LogP contribution in [0.15, 0.2) is 88.0 Å². The summed E-state index contributed by atoms with van der Waals surface area (Å²) in [6.07, 6.45) is 1.45. The quantitative estimate of drug-likeness (QED) is 0.225. The fourth-order valence-corrected chi connectivity index (χ4v) is 4.23. The number of nitrogens with one attached hydrogen (secondary N) is 2. The molecule has 0 fully saturated rings. The molecule has 1 aliphatic rings. The van der Waals surface area contributed by atoms with Gasteiger partial charge in [0.1, 0.15) is 11.5 Å². The molecule has 4 rings (SSSR count). The highest BCUT2D eigenvalue weighted by Gasteiger charge is 2.37. The summed E-state index contributed by atoms with van der Waals surface area (Å²) < 4.78 is 15.6. The molecule has 2 aromatic carbocycles. The van der Waals surface area contributed by atoms with Gasteiger partial charge in [-0.3, -0.25) is 14.4 Å². The van der Waals surface area contributed by atoms with Gasteiger partial charge in [0.05, 0.1) is 43.5 Å². The standard InChI is InChI=1S/C31H29N3O8/c1-4-41-30(38)21-10-12-22(13-11-21)33-28(36)27(35)32-17-24-15-14-23(42-24)16-25-26(31(39)40-3)19(2)34(29(25)37)18-20-8-6-5-7-9-20/h5-16H,4,17-18H2,1-3H3,(H,32,35)(H,33,36)/b25-16+. The highest BCUT2D eigenvalue weighted by Crippen LogP contribution is 2.33. The molecule has 0 saturated carbocycles. The summed E-state index contributed by atoms with van der Waals surface area (Å²) in [6, 6.07) is 18.4. The molecule has 3 aromatic rings. The Morgan fingerprint density at radius 3 is 2.31 bits per heavy atom. The van der Waals surface area contributed by atoms with Crippen LogP contribution in [0, 0.1) is 0 Å². The largest absolute Gasteiger partial charge is 0.465 e. The monoisotopic (exact) mass is 571 g/mol. The summed E-state index contributed by atoms with van der Waals surface area (Å²) >= 11 is 0. The number of amides is 3. The molecule has 0 aliphatic carbocycles. The molecule has 0 spiro atoms. The average molecular weight is 572 g/mol. The zero-order valence-corrected chi connectivity index (χ0v) is 23.3. The SMILES string of the molecule is CCOC(=O)c1ccc(NC(=O)C(=O)NCc2ccc(/C=C3/C(=O)N(Cc4ccccc4)C(C)=C3C(=O)OC)o2)cc1. The zero-order valence-electron chi connectivity index (χ0n) is 23.3. The first-order valence-corrected chi connectivity index (χ1v) is 13.0. The van der Waals surface area contributed by atoms with Crippen molar-refractivity contribution >= 4 is 41.4 Å². The molecule has 0 unspecified atom stereocenters. The predicted octanol–water partition coefficient (Wildman–Crippen LogP) is 3.58. The number of ether oxygens (including phenoxy) is 2. The Kier molecular flexibility index (Phi) is 9.33. The number of methoxy groups -OCH3 is 1. The van der Waals surface area contributed by atoms with Crippen molar-refractivity contribution in [3.8, 4) is 0 Å². The predicted molar refractivity (Wildman–Crippen MR) is 151 cm³/mol. The second kappa shape index (κ2) is 13.3. The van der Waals surface area contributed by atoms with Gasteiger partial charge >= 0.3 is 23.8 Å². The minimum atomic E-state index is -0.911. The van der Waals surface area contributed by atoms with Gasteiger partial charge in [-0.25, -0.2) is 9.59 Å². The molecule has 11 nitrogen and oxygen atoms in total. The van der Waals surface area contributed by atoms with Crippen molar-refractivity contribution in [1.29, 1.82) is 0 Å². The molecule has 0 atom stereocenters. The van der Waals surface area contributed by atoms with Crippen LogP contribution in [0.25, 0.3) is 6.08 Å². The van der Waals surface area contributed by atoms with Gasteiger partial charge in [-0.2, -0.15) is 0 Å². The van der Waals surface area contributed by atoms with E-state index >= 15 is 0 Å². The Morgan fingerprint density at radius 1 is 0.929 bits per heavy atom. The second-order valence-electron chi connectivity index (χ2n) is 9.13. The van der Waals surface area contributed by atoms with Gasteiger partial charge in [0.15, 0.2) is 0 Å². The van der Waals surface area contributed by atoms with E-state index in [4.69, 9.17) is 13.9 Å². The van der Waals surface area contributed by atoms with Gasteiger partial charge in [-0.05, 0) is 61.9 Å². The van der Waals surface area contributed by atoms with E-state index in [1.807, 2.05) is 30.3 Å². The van der Waals surface area contributed by atoms with Crippen LogP contribution in [-0.4, -0.2) is 48.3 Å². The summed E-state index contributed by atoms with van der Waals surface area (Å²) in [7, 11) is 1.24. The molecule has 216 valence electrons. The second-order valence-corrected chi connectivity index (χ2v) is 9.13. The van der Waals surface area contributed by atoms with Gasteiger partial charge < -0.3 is 29.4 Å². The minimum Gasteiger partial charge on any atom is -0.465 e. The van der Waals surface area contributed by atoms with Crippen LogP contribution in [0.5, 0.6) is 0 Å². The van der Waals surface area contributed by atoms with Crippen molar-refractivity contribution in [3.05, 3.63) is 106 Å². The molecule has 0 radical (unpaired) electrons. The highest BCUT2D eigenvalue weighted by molar-refractivity contribution is 6.39. The van der Waals surface area contributed by atoms with E-state index in [1.54, 1.807) is 26.0 Å². The lowest BCUT2D eigenvalue weighted by Crippen LogP contribution is -2.34. The molecule has 1 aromatic heterocycles. The van der Waals surface area contributed by atoms with Crippen molar-refractivity contribution in [3.63, 3.8) is 0 Å². The summed E-state index contributed by atoms with van der Waals surface area (Å²) in [5.74, 6) is -2.76. The van der Waals surface area contributed by atoms with Gasteiger partial charge in [0, 0.05) is 11.4 Å². The number of allylic oxidation sites excluding steroid dienone is 1. The Balaban J connectivity index is 1.40. The number of carbonyl (C=O) groups excluding carboxylic acids is 5. The summed E-state index contributed by atoms with van der Waals surface area (Å²) in [6.45, 7) is 3.78. The maximum atomic E-state index is 13.3. The Labute approximate surface area is 241 Å². The first kappa shape index (κ1) is 29.5. The minimum absolute atomic E-state index is 0.107. The number of hydrogen-bond acceptors (Lipinski definition) is 8. The fourth-order valence-electron chi connectivity index (χ4n) is 4.23. The van der Waals surface area contributed by atoms with Crippen LogP contribution in [0.2, 0.25) is 0 Å². The number of carbonyl (C=O) groups is 5. The highest BCUT2D eigenvalue weighted by atomic mass is 16.5. The average Bonchev–Trinajstić information content (AvgIpc) is 3.54. The Hall–Kier alpha value is -5.45. The van der Waals surface area contributed by atoms with E-state index in [0.717, 1.165) is 5.56 Å². The molecule has 1 aliphatic heterocycles. The third kappa shape index (κ3) is 6.81. The lowest BCUT2D eigenvalue weighted by atomic mass is 10.1. The van der Waals surface area contributed by atoms with E-state index in [1.165, 1.54) is 42.4 Å². The molecular formula is C31H29N3O8. The maximum Gasteiger partial charge on any atom is 0.340 e. The van der Waals surface area contributed by atoms with E-state index < -0.39 is 23.8 Å². The first-order chi connectivity index (χ1) is 20.2. The lowest BCUT2D eigenvalue weighted by Gasteiger charge is -2.17. The van der Waals surface area contributed by atoms with E-state index in [9.17, 15) is 24.0 Å². The lowest BCUT2D eigenvalue weighted by molar-refractivity contribution is -0.136. The van der Waals surface area contributed by atoms with Crippen molar-refractivity contribution in [2.24, 2.45) is 0 Å². The molecular weight excluding hydrogens is 542 g/mol. The summed E-state index contributed by atoms with van der Waals surface area (Å²) in [4.78, 5) is 63.8. The normalized spacial score (nSPS) is 13.7. The first-order valence-electron chi connectivity index (χ1n) is 13.0. The fraction of sp³-hybridized carbons (Fsp3) is 0.194. The molecule has 0 bridgehead atoms. The number of furan rings is 1. The van der Waals surface area contributed by atoms with Crippen LogP contribution < -0.4 is 10.6 Å². The smallest absolute Gasteiger partial charge is 0.340 e. The van der Waals surface area contributed by atoms with Crippen LogP contribution in [0.4, 0.5) is 5.69 Å². The maximum absolute atomic E-state index is 13.3. The number of esters is 2. The number of anilines is 1.